The molecule has 0 radical (unpaired) electrons. The van der Waals surface area contributed by atoms with Gasteiger partial charge in [0, 0.05) is 44.3 Å². The summed E-state index contributed by atoms with van der Waals surface area (Å²) >= 11 is 0. The summed E-state index contributed by atoms with van der Waals surface area (Å²) in [6.07, 6.45) is 4.24. The maximum atomic E-state index is 12.5. The Hall–Kier alpha value is -2.61. The van der Waals surface area contributed by atoms with Gasteiger partial charge in [0.2, 0.25) is 0 Å². The zero-order valence-electron chi connectivity index (χ0n) is 15.7. The van der Waals surface area contributed by atoms with Crippen molar-refractivity contribution in [1.29, 1.82) is 0 Å². The van der Waals surface area contributed by atoms with Crippen molar-refractivity contribution in [3.05, 3.63) is 30.3 Å². The van der Waals surface area contributed by atoms with Gasteiger partial charge in [0.1, 0.15) is 0 Å². The second-order valence-corrected chi connectivity index (χ2v) is 7.85. The van der Waals surface area contributed by atoms with Gasteiger partial charge < -0.3 is 24.3 Å². The third-order valence-electron chi connectivity index (χ3n) is 6.23. The van der Waals surface area contributed by atoms with Crippen LogP contribution in [-0.4, -0.2) is 72.7 Å². The van der Waals surface area contributed by atoms with Gasteiger partial charge in [-0.2, -0.15) is 0 Å². The number of likely N-dealkylation sites (tertiary alicyclic amines) is 1. The molecule has 8 nitrogen and oxygen atoms in total. The van der Waals surface area contributed by atoms with Crippen molar-refractivity contribution < 1.29 is 18.7 Å². The summed E-state index contributed by atoms with van der Waals surface area (Å²) in [7, 11) is 0. The number of fused-ring (bicyclic) bond motifs is 2. The van der Waals surface area contributed by atoms with Gasteiger partial charge in [0.15, 0.2) is 11.3 Å². The van der Waals surface area contributed by atoms with Gasteiger partial charge in [-0.15, -0.1) is 0 Å². The van der Waals surface area contributed by atoms with Crippen LogP contribution < -0.4 is 5.32 Å². The number of nitrogens with one attached hydrogen (secondary N) is 1. The number of carbonyl (C=O) groups is 2. The fourth-order valence-electron chi connectivity index (χ4n) is 4.62. The van der Waals surface area contributed by atoms with Crippen molar-refractivity contribution in [2.24, 2.45) is 17.8 Å². The minimum absolute atomic E-state index is 0.155. The first-order chi connectivity index (χ1) is 13.7. The highest BCUT2D eigenvalue weighted by atomic mass is 16.5. The summed E-state index contributed by atoms with van der Waals surface area (Å²) in [4.78, 5) is 32.7. The Balaban J connectivity index is 1.06. The average molecular weight is 384 g/mol. The highest BCUT2D eigenvalue weighted by molar-refractivity contribution is 5.95. The number of amides is 3. The lowest BCUT2D eigenvalue weighted by Crippen LogP contribution is -2.48. The SMILES string of the molecule is O=C(NCCC1[C@H]2CN(C(=O)N3CCOCC3)C[C@@H]12)c1cc2ccncc2o1. The molecule has 2 aromatic rings. The number of furan rings is 1. The molecule has 2 saturated heterocycles. The van der Waals surface area contributed by atoms with Gasteiger partial charge in [0.25, 0.3) is 5.91 Å². The molecule has 28 heavy (non-hydrogen) atoms. The lowest BCUT2D eigenvalue weighted by Gasteiger charge is -2.32. The summed E-state index contributed by atoms with van der Waals surface area (Å²) in [5.41, 5.74) is 0.620. The third-order valence-corrected chi connectivity index (χ3v) is 6.23. The Morgan fingerprint density at radius 2 is 1.96 bits per heavy atom. The summed E-state index contributed by atoms with van der Waals surface area (Å²) < 4.78 is 10.9. The Morgan fingerprint density at radius 1 is 1.18 bits per heavy atom. The van der Waals surface area contributed by atoms with Gasteiger partial charge in [0.05, 0.1) is 19.4 Å². The van der Waals surface area contributed by atoms with E-state index >= 15 is 0 Å². The molecule has 4 heterocycles. The summed E-state index contributed by atoms with van der Waals surface area (Å²) in [5.74, 6) is 1.90. The average Bonchev–Trinajstić information content (AvgIpc) is 3.10. The zero-order valence-corrected chi connectivity index (χ0v) is 15.7. The molecule has 2 aliphatic heterocycles. The van der Waals surface area contributed by atoms with E-state index in [1.165, 1.54) is 0 Å². The summed E-state index contributed by atoms with van der Waals surface area (Å²) in [5, 5.41) is 3.83. The van der Waals surface area contributed by atoms with Crippen molar-refractivity contribution >= 4 is 22.9 Å². The number of urea groups is 1. The van der Waals surface area contributed by atoms with E-state index in [1.807, 2.05) is 15.9 Å². The van der Waals surface area contributed by atoms with Gasteiger partial charge in [-0.05, 0) is 36.3 Å². The standard InChI is InChI=1S/C20H24N4O4/c25-19(17-9-13-1-3-21-10-18(13)28-17)22-4-2-14-15-11-24(12-16(14)15)20(26)23-5-7-27-8-6-23/h1,3,9-10,14-16H,2,4-8,11-12H2,(H,22,25)/t14?,15-,16+. The molecule has 2 aromatic heterocycles. The first-order valence-corrected chi connectivity index (χ1v) is 9.94. The van der Waals surface area contributed by atoms with Crippen LogP contribution in [0.1, 0.15) is 17.0 Å². The number of ether oxygens (including phenoxy) is 1. The van der Waals surface area contributed by atoms with Crippen molar-refractivity contribution in [3.8, 4) is 0 Å². The molecule has 3 atom stereocenters. The zero-order chi connectivity index (χ0) is 19.1. The number of hydrogen-bond acceptors (Lipinski definition) is 5. The van der Waals surface area contributed by atoms with Crippen molar-refractivity contribution in [2.45, 2.75) is 6.42 Å². The summed E-state index contributed by atoms with van der Waals surface area (Å²) in [6.45, 7) is 4.97. The van der Waals surface area contributed by atoms with Gasteiger partial charge in [-0.1, -0.05) is 0 Å². The molecule has 0 bridgehead atoms. The molecule has 3 amide bonds. The van der Waals surface area contributed by atoms with Crippen molar-refractivity contribution in [2.75, 3.05) is 45.9 Å². The van der Waals surface area contributed by atoms with Crippen LogP contribution in [-0.2, 0) is 4.74 Å². The largest absolute Gasteiger partial charge is 0.449 e. The smallest absolute Gasteiger partial charge is 0.320 e. The highest BCUT2D eigenvalue weighted by Gasteiger charge is 2.56. The molecule has 0 aromatic carbocycles. The van der Waals surface area contributed by atoms with E-state index in [1.54, 1.807) is 18.5 Å². The molecule has 1 unspecified atom stereocenters. The molecule has 1 saturated carbocycles. The molecule has 0 spiro atoms. The fourth-order valence-corrected chi connectivity index (χ4v) is 4.62. The molecule has 3 fully saturated rings. The van der Waals surface area contributed by atoms with E-state index in [0.717, 1.165) is 24.9 Å². The highest BCUT2D eigenvalue weighted by Crippen LogP contribution is 2.53. The van der Waals surface area contributed by atoms with Crippen LogP contribution >= 0.6 is 0 Å². The first kappa shape index (κ1) is 17.5. The van der Waals surface area contributed by atoms with E-state index in [2.05, 4.69) is 10.3 Å². The van der Waals surface area contributed by atoms with Gasteiger partial charge in [-0.3, -0.25) is 9.78 Å². The number of nitrogens with zero attached hydrogens (tertiary/aromatic N) is 3. The lowest BCUT2D eigenvalue weighted by atomic mass is 10.2. The van der Waals surface area contributed by atoms with Crippen molar-refractivity contribution in [3.63, 3.8) is 0 Å². The Bertz CT molecular complexity index is 846. The van der Waals surface area contributed by atoms with Crippen LogP contribution in [0.25, 0.3) is 11.0 Å². The predicted octanol–water partition coefficient (Wildman–Crippen LogP) is 1.58. The predicted molar refractivity (Wildman–Crippen MR) is 101 cm³/mol. The number of morpholine rings is 1. The molecule has 5 rings (SSSR count). The van der Waals surface area contributed by atoms with E-state index in [0.29, 0.717) is 61.9 Å². The number of hydrogen-bond donors (Lipinski definition) is 1. The van der Waals surface area contributed by atoms with Crippen LogP contribution in [0.3, 0.4) is 0 Å². The maximum Gasteiger partial charge on any atom is 0.320 e. The van der Waals surface area contributed by atoms with Crippen LogP contribution in [0, 0.1) is 17.8 Å². The normalized spacial score (nSPS) is 26.4. The maximum absolute atomic E-state index is 12.5. The first-order valence-electron chi connectivity index (χ1n) is 9.94. The van der Waals surface area contributed by atoms with Gasteiger partial charge >= 0.3 is 6.03 Å². The minimum Gasteiger partial charge on any atom is -0.449 e. The number of aromatic nitrogens is 1. The summed E-state index contributed by atoms with van der Waals surface area (Å²) in [6, 6.07) is 3.72. The molecule has 1 N–H and O–H groups in total. The molecular weight excluding hydrogens is 360 g/mol. The lowest BCUT2D eigenvalue weighted by molar-refractivity contribution is 0.0439. The molecular formula is C20H24N4O4. The minimum atomic E-state index is -0.189. The molecule has 1 aliphatic carbocycles. The Morgan fingerprint density at radius 3 is 2.71 bits per heavy atom. The fraction of sp³-hybridized carbons (Fsp3) is 0.550. The number of piperidine rings is 1. The third kappa shape index (κ3) is 3.22. The quantitative estimate of drug-likeness (QED) is 0.865. The second kappa shape index (κ2) is 7.09. The van der Waals surface area contributed by atoms with Crippen LogP contribution in [0.4, 0.5) is 4.79 Å². The van der Waals surface area contributed by atoms with E-state index in [-0.39, 0.29) is 11.9 Å². The van der Waals surface area contributed by atoms with Crippen molar-refractivity contribution in [1.82, 2.24) is 20.1 Å². The second-order valence-electron chi connectivity index (χ2n) is 7.85. The molecule has 148 valence electrons. The topological polar surface area (TPSA) is 87.9 Å². The Kier molecular flexibility index (Phi) is 4.43. The van der Waals surface area contributed by atoms with E-state index in [4.69, 9.17) is 9.15 Å². The Labute approximate surface area is 162 Å². The van der Waals surface area contributed by atoms with E-state index < -0.39 is 0 Å². The number of pyridine rings is 1. The van der Waals surface area contributed by atoms with Gasteiger partial charge in [-0.25, -0.2) is 4.79 Å². The van der Waals surface area contributed by atoms with Crippen LogP contribution in [0.5, 0.6) is 0 Å². The van der Waals surface area contributed by atoms with Crippen LogP contribution in [0.15, 0.2) is 28.9 Å². The number of rotatable bonds is 4. The van der Waals surface area contributed by atoms with Crippen LogP contribution in [0.2, 0.25) is 0 Å². The van der Waals surface area contributed by atoms with E-state index in [9.17, 15) is 9.59 Å². The monoisotopic (exact) mass is 384 g/mol. The molecule has 8 heteroatoms. The number of carbonyl (C=O) groups excluding carboxylic acids is 2. The molecule has 3 aliphatic rings.